The molecule has 0 saturated carbocycles. The van der Waals surface area contributed by atoms with E-state index >= 15 is 0 Å². The number of rotatable bonds is 6. The van der Waals surface area contributed by atoms with Gasteiger partial charge in [0.2, 0.25) is 0 Å². The molecule has 1 saturated heterocycles. The Balaban J connectivity index is 0.00000400. The van der Waals surface area contributed by atoms with Crippen LogP contribution in [0.3, 0.4) is 0 Å². The summed E-state index contributed by atoms with van der Waals surface area (Å²) in [4.78, 5) is 4.37. The molecule has 0 aromatic rings. The lowest BCUT2D eigenvalue weighted by atomic mass is 10.2. The Kier molecular flexibility index (Phi) is 9.10. The van der Waals surface area contributed by atoms with Crippen LogP contribution in [-0.2, 0) is 14.6 Å². The summed E-state index contributed by atoms with van der Waals surface area (Å²) in [6.45, 7) is 7.84. The lowest BCUT2D eigenvalue weighted by Gasteiger charge is -2.21. The van der Waals surface area contributed by atoms with Crippen LogP contribution in [0.25, 0.3) is 0 Å². The second kappa shape index (κ2) is 9.14. The van der Waals surface area contributed by atoms with Crippen molar-refractivity contribution in [1.29, 1.82) is 0 Å². The number of sulfone groups is 1. The predicted molar refractivity (Wildman–Crippen MR) is 97.3 cm³/mol. The van der Waals surface area contributed by atoms with Gasteiger partial charge in [0.05, 0.1) is 17.4 Å². The molecule has 0 amide bonds. The monoisotopic (exact) mass is 433 g/mol. The van der Waals surface area contributed by atoms with E-state index < -0.39 is 14.6 Å². The molecule has 21 heavy (non-hydrogen) atoms. The number of nitrogens with one attached hydrogen (secondary N) is 2. The van der Waals surface area contributed by atoms with Crippen molar-refractivity contribution in [3.05, 3.63) is 0 Å². The lowest BCUT2D eigenvalue weighted by Crippen LogP contribution is -2.43. The fourth-order valence-corrected chi connectivity index (χ4v) is 2.04. The van der Waals surface area contributed by atoms with E-state index in [-0.39, 0.29) is 36.6 Å². The molecule has 0 aliphatic carbocycles. The molecule has 0 aromatic heterocycles. The molecule has 1 aliphatic heterocycles. The highest BCUT2D eigenvalue weighted by atomic mass is 127. The normalized spacial score (nSPS) is 20.0. The van der Waals surface area contributed by atoms with E-state index in [4.69, 9.17) is 4.74 Å². The van der Waals surface area contributed by atoms with Crippen LogP contribution in [-0.4, -0.2) is 57.7 Å². The average Bonchev–Trinajstić information content (AvgIpc) is 2.84. The maximum atomic E-state index is 11.7. The van der Waals surface area contributed by atoms with Crippen molar-refractivity contribution in [3.8, 4) is 0 Å². The summed E-state index contributed by atoms with van der Waals surface area (Å²) in [6.07, 6.45) is 3.62. The molecule has 0 spiro atoms. The van der Waals surface area contributed by atoms with Gasteiger partial charge >= 0.3 is 0 Å². The third-order valence-electron chi connectivity index (χ3n) is 3.49. The van der Waals surface area contributed by atoms with Crippen LogP contribution in [0.2, 0.25) is 0 Å². The number of guanidine groups is 1. The molecule has 1 rings (SSSR count). The standard InChI is InChI=1S/C13H27N3O3S.HI/c1-5-14-12(15-9-11-7-6-8-19-11)16-10-13(2,3)20(4,17)18;/h11H,5-10H2,1-4H3,(H2,14,15,16);1H. The summed E-state index contributed by atoms with van der Waals surface area (Å²) >= 11 is 0. The van der Waals surface area contributed by atoms with Crippen LogP contribution >= 0.6 is 24.0 Å². The van der Waals surface area contributed by atoms with Crippen LogP contribution in [0.4, 0.5) is 0 Å². The van der Waals surface area contributed by atoms with Crippen LogP contribution < -0.4 is 10.6 Å². The Hall–Kier alpha value is -0.0900. The minimum absolute atomic E-state index is 0. The first-order valence-corrected chi connectivity index (χ1v) is 8.99. The Labute approximate surface area is 145 Å². The highest BCUT2D eigenvalue weighted by Crippen LogP contribution is 2.15. The van der Waals surface area contributed by atoms with Crippen LogP contribution in [0.5, 0.6) is 0 Å². The smallest absolute Gasteiger partial charge is 0.191 e. The van der Waals surface area contributed by atoms with Crippen molar-refractivity contribution >= 4 is 39.8 Å². The SMILES string of the molecule is CCNC(=NCC(C)(C)S(C)(=O)=O)NCC1CCCO1.I. The Morgan fingerprint density at radius 2 is 2.05 bits per heavy atom. The molecular formula is C13H28IN3O3S. The third-order valence-corrected chi connectivity index (χ3v) is 5.62. The maximum Gasteiger partial charge on any atom is 0.191 e. The lowest BCUT2D eigenvalue weighted by molar-refractivity contribution is 0.114. The van der Waals surface area contributed by atoms with E-state index in [1.54, 1.807) is 13.8 Å². The second-order valence-corrected chi connectivity index (χ2v) is 8.39. The topological polar surface area (TPSA) is 79.8 Å². The summed E-state index contributed by atoms with van der Waals surface area (Å²) in [5.74, 6) is 0.639. The van der Waals surface area contributed by atoms with E-state index in [1.165, 1.54) is 6.26 Å². The zero-order valence-corrected chi connectivity index (χ0v) is 16.5. The molecule has 8 heteroatoms. The van der Waals surface area contributed by atoms with Crippen molar-refractivity contribution < 1.29 is 13.2 Å². The molecule has 1 aliphatic rings. The number of aliphatic imine (C=N–C) groups is 1. The molecule has 0 bridgehead atoms. The van der Waals surface area contributed by atoms with Gasteiger partial charge in [-0.1, -0.05) is 0 Å². The molecule has 6 nitrogen and oxygen atoms in total. The second-order valence-electron chi connectivity index (χ2n) is 5.74. The first-order chi connectivity index (χ1) is 9.26. The minimum atomic E-state index is -3.13. The molecule has 1 unspecified atom stereocenters. The predicted octanol–water partition coefficient (Wildman–Crippen LogP) is 1.16. The zero-order chi connectivity index (χ0) is 15.2. The number of halogens is 1. The van der Waals surface area contributed by atoms with Crippen LogP contribution in [0.1, 0.15) is 33.6 Å². The highest BCUT2D eigenvalue weighted by molar-refractivity contribution is 14.0. The van der Waals surface area contributed by atoms with Gasteiger partial charge in [0.1, 0.15) is 0 Å². The number of ether oxygens (including phenoxy) is 1. The Morgan fingerprint density at radius 3 is 2.52 bits per heavy atom. The highest BCUT2D eigenvalue weighted by Gasteiger charge is 2.30. The van der Waals surface area contributed by atoms with E-state index in [9.17, 15) is 8.42 Å². The average molecular weight is 433 g/mol. The van der Waals surface area contributed by atoms with Gasteiger partial charge in [-0.3, -0.25) is 4.99 Å². The van der Waals surface area contributed by atoms with Crippen LogP contribution in [0.15, 0.2) is 4.99 Å². The van der Waals surface area contributed by atoms with Gasteiger partial charge in [-0.2, -0.15) is 0 Å². The van der Waals surface area contributed by atoms with E-state index in [0.717, 1.165) is 26.0 Å². The molecule has 1 heterocycles. The molecule has 1 fully saturated rings. The van der Waals surface area contributed by atoms with Crippen LogP contribution in [0, 0.1) is 0 Å². The molecule has 2 N–H and O–H groups in total. The van der Waals surface area contributed by atoms with Gasteiger partial charge in [0, 0.05) is 26.0 Å². The van der Waals surface area contributed by atoms with Crippen molar-refractivity contribution in [2.24, 2.45) is 4.99 Å². The van der Waals surface area contributed by atoms with Crippen molar-refractivity contribution in [1.82, 2.24) is 10.6 Å². The zero-order valence-electron chi connectivity index (χ0n) is 13.3. The van der Waals surface area contributed by atoms with E-state index in [2.05, 4.69) is 15.6 Å². The van der Waals surface area contributed by atoms with E-state index in [1.807, 2.05) is 6.92 Å². The van der Waals surface area contributed by atoms with Crippen molar-refractivity contribution in [2.45, 2.75) is 44.5 Å². The molecule has 1 atom stereocenters. The summed E-state index contributed by atoms with van der Waals surface area (Å²) in [5.41, 5.74) is 0. The van der Waals surface area contributed by atoms with Crippen molar-refractivity contribution in [2.75, 3.05) is 32.5 Å². The first kappa shape index (κ1) is 20.9. The molecule has 0 aromatic carbocycles. The summed E-state index contributed by atoms with van der Waals surface area (Å²) in [7, 11) is -3.13. The van der Waals surface area contributed by atoms with Gasteiger partial charge in [0.25, 0.3) is 0 Å². The number of nitrogens with zero attached hydrogens (tertiary/aromatic N) is 1. The third kappa shape index (κ3) is 7.14. The number of hydrogen-bond donors (Lipinski definition) is 2. The van der Waals surface area contributed by atoms with Gasteiger partial charge < -0.3 is 15.4 Å². The molecular weight excluding hydrogens is 405 g/mol. The Morgan fingerprint density at radius 1 is 1.38 bits per heavy atom. The van der Waals surface area contributed by atoms with E-state index in [0.29, 0.717) is 12.5 Å². The quantitative estimate of drug-likeness (QED) is 0.374. The fraction of sp³-hybridized carbons (Fsp3) is 0.923. The Bertz CT molecular complexity index is 432. The number of hydrogen-bond acceptors (Lipinski definition) is 4. The first-order valence-electron chi connectivity index (χ1n) is 7.09. The summed E-state index contributed by atoms with van der Waals surface area (Å²) < 4.78 is 28.0. The minimum Gasteiger partial charge on any atom is -0.376 e. The molecule has 126 valence electrons. The van der Waals surface area contributed by atoms with Crippen molar-refractivity contribution in [3.63, 3.8) is 0 Å². The fourth-order valence-electron chi connectivity index (χ4n) is 1.74. The summed E-state index contributed by atoms with van der Waals surface area (Å²) in [5, 5.41) is 6.32. The largest absolute Gasteiger partial charge is 0.376 e. The maximum absolute atomic E-state index is 11.7. The van der Waals surface area contributed by atoms with Gasteiger partial charge in [-0.05, 0) is 33.6 Å². The van der Waals surface area contributed by atoms with Gasteiger partial charge in [0.15, 0.2) is 15.8 Å². The van der Waals surface area contributed by atoms with Gasteiger partial charge in [-0.25, -0.2) is 8.42 Å². The van der Waals surface area contributed by atoms with Gasteiger partial charge in [-0.15, -0.1) is 24.0 Å². The molecule has 0 radical (unpaired) electrons. The summed E-state index contributed by atoms with van der Waals surface area (Å²) in [6, 6.07) is 0.